The van der Waals surface area contributed by atoms with Gasteiger partial charge in [0, 0.05) is 18.0 Å². The van der Waals surface area contributed by atoms with E-state index in [0.717, 1.165) is 30.0 Å². The summed E-state index contributed by atoms with van der Waals surface area (Å²) < 4.78 is 39.1. The van der Waals surface area contributed by atoms with Gasteiger partial charge in [0.25, 0.3) is 0 Å². The fraction of sp³-hybridized carbons (Fsp3) is 0.263. The molecule has 1 aromatic heterocycles. The summed E-state index contributed by atoms with van der Waals surface area (Å²) in [5.74, 6) is 0.135. The molecule has 0 bridgehead atoms. The number of aromatic hydroxyl groups is 1. The van der Waals surface area contributed by atoms with E-state index in [1.165, 1.54) is 0 Å². The van der Waals surface area contributed by atoms with E-state index in [0.29, 0.717) is 17.9 Å². The van der Waals surface area contributed by atoms with Crippen molar-refractivity contribution in [3.63, 3.8) is 0 Å². The summed E-state index contributed by atoms with van der Waals surface area (Å²) >= 11 is 0. The number of nitrogens with zero attached hydrogens (tertiary/aromatic N) is 2. The van der Waals surface area contributed by atoms with Gasteiger partial charge in [-0.25, -0.2) is 9.97 Å². The number of halogens is 3. The molecule has 0 aliphatic heterocycles. The van der Waals surface area contributed by atoms with Gasteiger partial charge in [-0.3, -0.25) is 0 Å². The van der Waals surface area contributed by atoms with E-state index in [9.17, 15) is 18.3 Å². The Morgan fingerprint density at radius 3 is 2.59 bits per heavy atom. The quantitative estimate of drug-likeness (QED) is 0.622. The van der Waals surface area contributed by atoms with Crippen LogP contribution in [0, 0.1) is 0 Å². The molecule has 0 amide bonds. The molecule has 2 aromatic carbocycles. The lowest BCUT2D eigenvalue weighted by molar-refractivity contribution is -0.137. The predicted molar refractivity (Wildman–Crippen MR) is 98.4 cm³/mol. The highest BCUT2D eigenvalue weighted by molar-refractivity contribution is 5.91. The van der Waals surface area contributed by atoms with Crippen LogP contribution in [0.15, 0.2) is 42.5 Å². The van der Waals surface area contributed by atoms with Crippen molar-refractivity contribution in [3.8, 4) is 17.1 Å². The Morgan fingerprint density at radius 1 is 1.15 bits per heavy atom. The van der Waals surface area contributed by atoms with Gasteiger partial charge in [-0.1, -0.05) is 19.1 Å². The Morgan fingerprint density at radius 2 is 1.89 bits per heavy atom. The van der Waals surface area contributed by atoms with Crippen LogP contribution < -0.4 is 11.1 Å². The number of nitrogens with two attached hydrogens (primary N) is 1. The molecule has 0 aliphatic rings. The van der Waals surface area contributed by atoms with Crippen molar-refractivity contribution in [3.05, 3.63) is 48.0 Å². The number of benzene rings is 2. The van der Waals surface area contributed by atoms with E-state index in [-0.39, 0.29) is 23.2 Å². The molecule has 3 rings (SSSR count). The number of phenolic OH excluding ortho intramolecular Hbond substituents is 1. The van der Waals surface area contributed by atoms with Crippen LogP contribution >= 0.6 is 0 Å². The molecule has 1 heterocycles. The van der Waals surface area contributed by atoms with E-state index in [2.05, 4.69) is 15.3 Å². The van der Waals surface area contributed by atoms with E-state index >= 15 is 0 Å². The van der Waals surface area contributed by atoms with E-state index in [1.807, 2.05) is 19.1 Å². The van der Waals surface area contributed by atoms with E-state index < -0.39 is 11.7 Å². The molecule has 8 heteroatoms. The molecular weight excluding hydrogens is 357 g/mol. The maximum Gasteiger partial charge on any atom is 0.416 e. The SMILES string of the molecule is CC[C@H](N)CNc1nc(-c2cc(C(F)(F)F)ccc2O)nc2ccccc12. The predicted octanol–water partition coefficient (Wildman–Crippen LogP) is 4.17. The summed E-state index contributed by atoms with van der Waals surface area (Å²) in [7, 11) is 0. The highest BCUT2D eigenvalue weighted by Gasteiger charge is 2.31. The smallest absolute Gasteiger partial charge is 0.416 e. The average molecular weight is 376 g/mol. The zero-order valence-electron chi connectivity index (χ0n) is 14.6. The zero-order valence-corrected chi connectivity index (χ0v) is 14.6. The van der Waals surface area contributed by atoms with Crippen LogP contribution in [-0.4, -0.2) is 27.7 Å². The number of rotatable bonds is 5. The van der Waals surface area contributed by atoms with Crippen LogP contribution in [0.1, 0.15) is 18.9 Å². The molecule has 0 saturated heterocycles. The number of para-hydroxylation sites is 1. The second-order valence-corrected chi connectivity index (χ2v) is 6.19. The normalized spacial score (nSPS) is 12.9. The van der Waals surface area contributed by atoms with Gasteiger partial charge in [0.1, 0.15) is 11.6 Å². The minimum atomic E-state index is -4.53. The van der Waals surface area contributed by atoms with Crippen LogP contribution in [0.25, 0.3) is 22.3 Å². The van der Waals surface area contributed by atoms with Crippen molar-refractivity contribution in [2.45, 2.75) is 25.6 Å². The van der Waals surface area contributed by atoms with Gasteiger partial charge in [0.05, 0.1) is 16.6 Å². The van der Waals surface area contributed by atoms with Crippen LogP contribution in [0.5, 0.6) is 5.75 Å². The third-order valence-corrected chi connectivity index (χ3v) is 4.22. The minimum absolute atomic E-state index is 0.00451. The molecule has 0 saturated carbocycles. The topological polar surface area (TPSA) is 84.1 Å². The lowest BCUT2D eigenvalue weighted by Gasteiger charge is -2.15. The number of nitrogens with one attached hydrogen (secondary N) is 1. The first-order valence-corrected chi connectivity index (χ1v) is 8.46. The molecule has 0 unspecified atom stereocenters. The summed E-state index contributed by atoms with van der Waals surface area (Å²) in [6.07, 6.45) is -3.77. The fourth-order valence-corrected chi connectivity index (χ4v) is 2.60. The highest BCUT2D eigenvalue weighted by atomic mass is 19.4. The Balaban J connectivity index is 2.12. The van der Waals surface area contributed by atoms with Gasteiger partial charge >= 0.3 is 6.18 Å². The van der Waals surface area contributed by atoms with Gasteiger partial charge in [0.15, 0.2) is 5.82 Å². The third-order valence-electron chi connectivity index (χ3n) is 4.22. The maximum absolute atomic E-state index is 13.0. The summed E-state index contributed by atoms with van der Waals surface area (Å²) in [6.45, 7) is 2.40. The lowest BCUT2D eigenvalue weighted by atomic mass is 10.1. The number of anilines is 1. The first kappa shape index (κ1) is 18.9. The summed E-state index contributed by atoms with van der Waals surface area (Å²) in [5.41, 5.74) is 5.52. The maximum atomic E-state index is 13.0. The van der Waals surface area contributed by atoms with Crippen molar-refractivity contribution < 1.29 is 18.3 Å². The number of fused-ring (bicyclic) bond motifs is 1. The standard InChI is InChI=1S/C19H19F3N4O/c1-2-12(23)10-24-17-13-5-3-4-6-15(13)25-18(26-17)14-9-11(19(20,21)22)7-8-16(14)27/h3-9,12,27H,2,10,23H2,1H3,(H,24,25,26)/t12-/m0/s1. The molecule has 0 aliphatic carbocycles. The molecule has 1 atom stereocenters. The van der Waals surface area contributed by atoms with E-state index in [4.69, 9.17) is 5.73 Å². The fourth-order valence-electron chi connectivity index (χ4n) is 2.60. The van der Waals surface area contributed by atoms with Gasteiger partial charge in [-0.2, -0.15) is 13.2 Å². The first-order chi connectivity index (χ1) is 12.8. The molecule has 3 aromatic rings. The Kier molecular flexibility index (Phi) is 5.18. The minimum Gasteiger partial charge on any atom is -0.507 e. The van der Waals surface area contributed by atoms with Crippen LogP contribution in [-0.2, 0) is 6.18 Å². The number of hydrogen-bond acceptors (Lipinski definition) is 5. The lowest BCUT2D eigenvalue weighted by Crippen LogP contribution is -2.28. The second-order valence-electron chi connectivity index (χ2n) is 6.19. The van der Waals surface area contributed by atoms with Gasteiger partial charge < -0.3 is 16.2 Å². The van der Waals surface area contributed by atoms with Gasteiger partial charge in [-0.05, 0) is 36.8 Å². The van der Waals surface area contributed by atoms with Gasteiger partial charge in [0.2, 0.25) is 0 Å². The van der Waals surface area contributed by atoms with Crippen molar-refractivity contribution in [2.24, 2.45) is 5.73 Å². The molecule has 5 nitrogen and oxygen atoms in total. The monoisotopic (exact) mass is 376 g/mol. The Bertz CT molecular complexity index is 959. The third kappa shape index (κ3) is 4.11. The number of alkyl halides is 3. The van der Waals surface area contributed by atoms with Crippen LogP contribution in [0.4, 0.5) is 19.0 Å². The average Bonchev–Trinajstić information content (AvgIpc) is 2.65. The number of hydrogen-bond donors (Lipinski definition) is 3. The van der Waals surface area contributed by atoms with Crippen molar-refractivity contribution >= 4 is 16.7 Å². The first-order valence-electron chi connectivity index (χ1n) is 8.46. The molecule has 27 heavy (non-hydrogen) atoms. The Labute approximate surface area is 154 Å². The number of phenols is 1. The van der Waals surface area contributed by atoms with Crippen molar-refractivity contribution in [2.75, 3.05) is 11.9 Å². The zero-order chi connectivity index (χ0) is 19.6. The molecule has 0 fully saturated rings. The summed E-state index contributed by atoms with van der Waals surface area (Å²) in [5, 5.41) is 13.9. The number of aromatic nitrogens is 2. The molecule has 0 radical (unpaired) electrons. The largest absolute Gasteiger partial charge is 0.507 e. The van der Waals surface area contributed by atoms with Crippen molar-refractivity contribution in [1.82, 2.24) is 9.97 Å². The summed E-state index contributed by atoms with van der Waals surface area (Å²) in [6, 6.07) is 9.70. The van der Waals surface area contributed by atoms with Crippen LogP contribution in [0.2, 0.25) is 0 Å². The summed E-state index contributed by atoms with van der Waals surface area (Å²) in [4.78, 5) is 8.68. The van der Waals surface area contributed by atoms with Crippen molar-refractivity contribution in [1.29, 1.82) is 0 Å². The molecule has 142 valence electrons. The van der Waals surface area contributed by atoms with Crippen LogP contribution in [0.3, 0.4) is 0 Å². The molecule has 0 spiro atoms. The van der Waals surface area contributed by atoms with Gasteiger partial charge in [-0.15, -0.1) is 0 Å². The molecule has 4 N–H and O–H groups in total. The Hall–Kier alpha value is -2.87. The highest BCUT2D eigenvalue weighted by Crippen LogP contribution is 2.36. The van der Waals surface area contributed by atoms with E-state index in [1.54, 1.807) is 12.1 Å². The molecular formula is C19H19F3N4O. The second kappa shape index (κ2) is 7.40.